The van der Waals surface area contributed by atoms with E-state index in [1.807, 2.05) is 42.0 Å². The van der Waals surface area contributed by atoms with E-state index in [2.05, 4.69) is 18.8 Å². The molecule has 0 fully saturated rings. The summed E-state index contributed by atoms with van der Waals surface area (Å²) in [5, 5.41) is 0. The van der Waals surface area contributed by atoms with E-state index in [9.17, 15) is 0 Å². The number of nitrogens with one attached hydrogen (secondary N) is 1. The van der Waals surface area contributed by atoms with Gasteiger partial charge in [0.15, 0.2) is 4.77 Å². The van der Waals surface area contributed by atoms with Crippen molar-refractivity contribution in [3.05, 3.63) is 40.9 Å². The molecule has 4 heteroatoms. The van der Waals surface area contributed by atoms with Gasteiger partial charge in [0.2, 0.25) is 0 Å². The van der Waals surface area contributed by atoms with Crippen molar-refractivity contribution in [3.63, 3.8) is 0 Å². The van der Waals surface area contributed by atoms with Gasteiger partial charge in [-0.05, 0) is 44.6 Å². The predicted molar refractivity (Wildman–Crippen MR) is 76.1 cm³/mol. The molecule has 0 spiro atoms. The highest BCUT2D eigenvalue weighted by molar-refractivity contribution is 7.71. The molecule has 0 saturated heterocycles. The van der Waals surface area contributed by atoms with Gasteiger partial charge >= 0.3 is 0 Å². The zero-order valence-electron chi connectivity index (χ0n) is 10.9. The van der Waals surface area contributed by atoms with Crippen molar-refractivity contribution < 1.29 is 4.74 Å². The molecule has 1 atom stereocenters. The van der Waals surface area contributed by atoms with Gasteiger partial charge in [-0.3, -0.25) is 4.57 Å². The minimum absolute atomic E-state index is 0.223. The van der Waals surface area contributed by atoms with Crippen LogP contribution in [0.1, 0.15) is 26.0 Å². The lowest BCUT2D eigenvalue weighted by Crippen LogP contribution is -2.10. The summed E-state index contributed by atoms with van der Waals surface area (Å²) in [4.78, 5) is 3.04. The van der Waals surface area contributed by atoms with Crippen molar-refractivity contribution in [1.29, 1.82) is 0 Å². The number of H-pyrrole nitrogens is 1. The molecule has 96 valence electrons. The lowest BCUT2D eigenvalue weighted by Gasteiger charge is -2.14. The maximum absolute atomic E-state index is 5.82. The Morgan fingerprint density at radius 2 is 2.22 bits per heavy atom. The minimum atomic E-state index is 0.223. The summed E-state index contributed by atoms with van der Waals surface area (Å²) < 4.78 is 8.53. The van der Waals surface area contributed by atoms with Crippen LogP contribution in [0.2, 0.25) is 0 Å². The van der Waals surface area contributed by atoms with E-state index in [0.29, 0.717) is 4.77 Å². The maximum Gasteiger partial charge on any atom is 0.182 e. The zero-order valence-corrected chi connectivity index (χ0v) is 11.8. The normalized spacial score (nSPS) is 12.4. The van der Waals surface area contributed by atoms with Gasteiger partial charge in [-0.25, -0.2) is 0 Å². The molecule has 3 nitrogen and oxygen atoms in total. The topological polar surface area (TPSA) is 29.9 Å². The molecule has 0 bridgehead atoms. The fourth-order valence-corrected chi connectivity index (χ4v) is 2.10. The van der Waals surface area contributed by atoms with Crippen LogP contribution in [0.25, 0.3) is 5.69 Å². The maximum atomic E-state index is 5.82. The number of aryl methyl sites for hydroxylation is 1. The average molecular weight is 262 g/mol. The number of imidazole rings is 1. The third kappa shape index (κ3) is 2.64. The first kappa shape index (κ1) is 12.9. The third-order valence-electron chi connectivity index (χ3n) is 2.95. The van der Waals surface area contributed by atoms with Gasteiger partial charge in [-0.2, -0.15) is 0 Å². The largest absolute Gasteiger partial charge is 0.491 e. The molecule has 2 rings (SSSR count). The van der Waals surface area contributed by atoms with Crippen LogP contribution in [-0.2, 0) is 0 Å². The second-order valence-corrected chi connectivity index (χ2v) is 4.79. The van der Waals surface area contributed by atoms with Crippen LogP contribution >= 0.6 is 12.2 Å². The monoisotopic (exact) mass is 262 g/mol. The summed E-state index contributed by atoms with van der Waals surface area (Å²) >= 11 is 5.28. The van der Waals surface area contributed by atoms with Crippen molar-refractivity contribution in [2.45, 2.75) is 33.3 Å². The molecule has 1 N–H and O–H groups in total. The number of hydrogen-bond acceptors (Lipinski definition) is 2. The summed E-state index contributed by atoms with van der Waals surface area (Å²) in [5.74, 6) is 0.879. The molecule has 0 aliphatic carbocycles. The summed E-state index contributed by atoms with van der Waals surface area (Å²) in [6.07, 6.45) is 3.12. The Labute approximate surface area is 112 Å². The van der Waals surface area contributed by atoms with Crippen LogP contribution in [0.15, 0.2) is 30.5 Å². The van der Waals surface area contributed by atoms with Gasteiger partial charge in [0.25, 0.3) is 0 Å². The summed E-state index contributed by atoms with van der Waals surface area (Å²) in [5.41, 5.74) is 2.11. The van der Waals surface area contributed by atoms with E-state index in [4.69, 9.17) is 17.0 Å². The second kappa shape index (κ2) is 5.40. The summed E-state index contributed by atoms with van der Waals surface area (Å²) in [7, 11) is 0. The molecule has 0 saturated carbocycles. The predicted octanol–water partition coefficient (Wildman–Crippen LogP) is 4.02. The molecule has 0 aliphatic rings. The average Bonchev–Trinajstić information content (AvgIpc) is 2.69. The molecule has 0 aliphatic heterocycles. The third-order valence-corrected chi connectivity index (χ3v) is 3.25. The minimum Gasteiger partial charge on any atom is -0.491 e. The van der Waals surface area contributed by atoms with E-state index >= 15 is 0 Å². The Morgan fingerprint density at radius 1 is 1.44 bits per heavy atom. The number of nitrogens with zero attached hydrogens (tertiary/aromatic N) is 1. The quantitative estimate of drug-likeness (QED) is 0.843. The first-order chi connectivity index (χ1) is 8.61. The number of aromatic amines is 1. The smallest absolute Gasteiger partial charge is 0.182 e. The second-order valence-electron chi connectivity index (χ2n) is 4.40. The Kier molecular flexibility index (Phi) is 3.87. The molecule has 2 aromatic rings. The first-order valence-electron chi connectivity index (χ1n) is 6.16. The molecule has 1 aromatic heterocycles. The van der Waals surface area contributed by atoms with Crippen LogP contribution < -0.4 is 4.74 Å². The van der Waals surface area contributed by atoms with Crippen LogP contribution in [0.3, 0.4) is 0 Å². The number of aromatic nitrogens is 2. The first-order valence-corrected chi connectivity index (χ1v) is 6.56. The summed E-state index contributed by atoms with van der Waals surface area (Å²) in [6, 6.07) is 8.01. The van der Waals surface area contributed by atoms with Gasteiger partial charge in [0.05, 0.1) is 11.8 Å². The molecule has 1 aromatic carbocycles. The molecular formula is C14H18N2OS. The molecule has 0 amide bonds. The van der Waals surface area contributed by atoms with Crippen molar-refractivity contribution in [2.75, 3.05) is 0 Å². The van der Waals surface area contributed by atoms with Crippen molar-refractivity contribution >= 4 is 12.2 Å². The van der Waals surface area contributed by atoms with Crippen molar-refractivity contribution in [2.24, 2.45) is 0 Å². The van der Waals surface area contributed by atoms with Crippen LogP contribution in [0.4, 0.5) is 0 Å². The van der Waals surface area contributed by atoms with Gasteiger partial charge in [0, 0.05) is 18.0 Å². The van der Waals surface area contributed by atoms with E-state index in [0.717, 1.165) is 23.6 Å². The highest BCUT2D eigenvalue weighted by Gasteiger charge is 2.05. The van der Waals surface area contributed by atoms with Gasteiger partial charge in [0.1, 0.15) is 5.75 Å². The fraction of sp³-hybridized carbons (Fsp3) is 0.357. The SMILES string of the molecule is CCC(C)Oc1cccc(-n2c(C)c[nH]c2=S)c1. The Bertz CT molecular complexity index is 585. The highest BCUT2D eigenvalue weighted by atomic mass is 32.1. The van der Waals surface area contributed by atoms with Gasteiger partial charge in [-0.1, -0.05) is 13.0 Å². The van der Waals surface area contributed by atoms with Crippen molar-refractivity contribution in [3.8, 4) is 11.4 Å². The summed E-state index contributed by atoms with van der Waals surface area (Å²) in [6.45, 7) is 6.20. The lowest BCUT2D eigenvalue weighted by atomic mass is 10.2. The standard InChI is InChI=1S/C14H18N2OS/c1-4-11(3)17-13-7-5-6-12(8-13)16-10(2)9-15-14(16)18/h5-9,11H,4H2,1-3H3,(H,15,18). The van der Waals surface area contributed by atoms with E-state index in [-0.39, 0.29) is 6.10 Å². The van der Waals surface area contributed by atoms with Gasteiger partial charge < -0.3 is 9.72 Å². The Balaban J connectivity index is 2.36. The van der Waals surface area contributed by atoms with Crippen LogP contribution in [0.5, 0.6) is 5.75 Å². The number of rotatable bonds is 4. The highest BCUT2D eigenvalue weighted by Crippen LogP contribution is 2.20. The van der Waals surface area contributed by atoms with Crippen LogP contribution in [0, 0.1) is 11.7 Å². The molecule has 1 heterocycles. The molecule has 0 radical (unpaired) electrons. The van der Waals surface area contributed by atoms with E-state index in [1.54, 1.807) is 0 Å². The van der Waals surface area contributed by atoms with Crippen LogP contribution in [-0.4, -0.2) is 15.7 Å². The van der Waals surface area contributed by atoms with Crippen molar-refractivity contribution in [1.82, 2.24) is 9.55 Å². The van der Waals surface area contributed by atoms with Gasteiger partial charge in [-0.15, -0.1) is 0 Å². The Morgan fingerprint density at radius 3 is 2.83 bits per heavy atom. The lowest BCUT2D eigenvalue weighted by molar-refractivity contribution is 0.217. The molecule has 1 unspecified atom stereocenters. The number of hydrogen-bond donors (Lipinski definition) is 1. The number of benzene rings is 1. The van der Waals surface area contributed by atoms with E-state index in [1.165, 1.54) is 0 Å². The number of ether oxygens (including phenoxy) is 1. The Hall–Kier alpha value is -1.55. The molecule has 18 heavy (non-hydrogen) atoms. The van der Waals surface area contributed by atoms with E-state index < -0.39 is 0 Å². The molecular weight excluding hydrogens is 244 g/mol. The fourth-order valence-electron chi connectivity index (χ4n) is 1.79. The zero-order chi connectivity index (χ0) is 13.1.